The summed E-state index contributed by atoms with van der Waals surface area (Å²) in [5, 5.41) is 12.3. The minimum Gasteiger partial charge on any atom is -0.507 e. The van der Waals surface area contributed by atoms with Crippen molar-refractivity contribution in [2.45, 2.75) is 13.0 Å². The normalized spacial score (nSPS) is 11.9. The lowest BCUT2D eigenvalue weighted by atomic mass is 10.1. The largest absolute Gasteiger partial charge is 0.507 e. The third-order valence-electron chi connectivity index (χ3n) is 2.93. The third-order valence-corrected chi connectivity index (χ3v) is 3.60. The van der Waals surface area contributed by atoms with Gasteiger partial charge < -0.3 is 10.4 Å². The highest BCUT2D eigenvalue weighted by Crippen LogP contribution is 2.24. The Hall–Kier alpha value is -1.88. The number of phenolic OH excluding ortho intramolecular Hbond substituents is 1. The first kappa shape index (κ1) is 14.5. The Labute approximate surface area is 124 Å². The molecular weight excluding hydrogens is 325 g/mol. The molecule has 2 aromatic rings. The Balaban J connectivity index is 2.15. The summed E-state index contributed by atoms with van der Waals surface area (Å²) >= 11 is 3.14. The van der Waals surface area contributed by atoms with E-state index in [0.29, 0.717) is 15.6 Å². The number of amides is 1. The number of benzene rings is 2. The van der Waals surface area contributed by atoms with E-state index in [-0.39, 0.29) is 17.5 Å². The van der Waals surface area contributed by atoms with Crippen molar-refractivity contribution in [3.8, 4) is 5.75 Å². The molecule has 0 aromatic heterocycles. The lowest BCUT2D eigenvalue weighted by molar-refractivity contribution is 0.0939. The van der Waals surface area contributed by atoms with Gasteiger partial charge in [0.2, 0.25) is 0 Å². The summed E-state index contributed by atoms with van der Waals surface area (Å²) in [4.78, 5) is 12.0. The molecule has 2 aromatic carbocycles. The summed E-state index contributed by atoms with van der Waals surface area (Å²) in [7, 11) is 0. The van der Waals surface area contributed by atoms with Gasteiger partial charge in [0, 0.05) is 11.1 Å². The molecular formula is C15H13BrFNO2. The lowest BCUT2D eigenvalue weighted by Gasteiger charge is -2.15. The van der Waals surface area contributed by atoms with E-state index in [9.17, 15) is 14.3 Å². The summed E-state index contributed by atoms with van der Waals surface area (Å²) in [5.41, 5.74) is 0.732. The summed E-state index contributed by atoms with van der Waals surface area (Å²) in [6.07, 6.45) is 0. The number of aromatic hydroxyl groups is 1. The van der Waals surface area contributed by atoms with Crippen molar-refractivity contribution in [3.05, 3.63) is 63.9 Å². The van der Waals surface area contributed by atoms with Crippen LogP contribution in [0.1, 0.15) is 28.9 Å². The van der Waals surface area contributed by atoms with Crippen LogP contribution in [-0.4, -0.2) is 11.0 Å². The van der Waals surface area contributed by atoms with Crippen LogP contribution < -0.4 is 5.32 Å². The Morgan fingerprint density at radius 1 is 1.30 bits per heavy atom. The van der Waals surface area contributed by atoms with Crippen LogP contribution in [0.2, 0.25) is 0 Å². The number of carbonyl (C=O) groups is 1. The predicted octanol–water partition coefficient (Wildman–Crippen LogP) is 3.78. The molecule has 1 unspecified atom stereocenters. The van der Waals surface area contributed by atoms with E-state index < -0.39 is 6.04 Å². The number of halogens is 2. The van der Waals surface area contributed by atoms with Crippen molar-refractivity contribution in [3.63, 3.8) is 0 Å². The number of phenols is 1. The van der Waals surface area contributed by atoms with E-state index in [4.69, 9.17) is 0 Å². The molecule has 0 heterocycles. The Bertz CT molecular complexity index is 646. The smallest absolute Gasteiger partial charge is 0.251 e. The third kappa shape index (κ3) is 3.17. The van der Waals surface area contributed by atoms with E-state index in [0.717, 1.165) is 0 Å². The number of carbonyl (C=O) groups excluding carboxylic acids is 1. The molecule has 0 spiro atoms. The maximum atomic E-state index is 13.6. The Morgan fingerprint density at radius 2 is 2.00 bits per heavy atom. The van der Waals surface area contributed by atoms with Crippen LogP contribution in [0.15, 0.2) is 46.9 Å². The van der Waals surface area contributed by atoms with Crippen molar-refractivity contribution < 1.29 is 14.3 Å². The summed E-state index contributed by atoms with van der Waals surface area (Å²) in [6.45, 7) is 1.70. The summed E-state index contributed by atoms with van der Waals surface area (Å²) in [6, 6.07) is 10.3. The molecule has 0 aliphatic rings. The van der Waals surface area contributed by atoms with Crippen molar-refractivity contribution in [2.24, 2.45) is 0 Å². The van der Waals surface area contributed by atoms with Crippen LogP contribution in [0, 0.1) is 5.82 Å². The van der Waals surface area contributed by atoms with Crippen molar-refractivity contribution in [1.29, 1.82) is 0 Å². The van der Waals surface area contributed by atoms with E-state index in [1.54, 1.807) is 37.3 Å². The van der Waals surface area contributed by atoms with Crippen LogP contribution in [0.5, 0.6) is 5.75 Å². The van der Waals surface area contributed by atoms with Crippen LogP contribution in [0.4, 0.5) is 4.39 Å². The predicted molar refractivity (Wildman–Crippen MR) is 78.1 cm³/mol. The van der Waals surface area contributed by atoms with E-state index in [1.165, 1.54) is 12.1 Å². The fraction of sp³-hybridized carbons (Fsp3) is 0.133. The first-order valence-corrected chi connectivity index (χ1v) is 6.82. The van der Waals surface area contributed by atoms with Crippen LogP contribution >= 0.6 is 15.9 Å². The molecule has 0 bridgehead atoms. The fourth-order valence-corrected chi connectivity index (χ4v) is 2.08. The molecule has 1 amide bonds. The second-order valence-corrected chi connectivity index (χ2v) is 5.24. The number of rotatable bonds is 3. The zero-order valence-electron chi connectivity index (χ0n) is 10.7. The molecule has 0 aliphatic carbocycles. The first-order valence-electron chi connectivity index (χ1n) is 6.03. The average Bonchev–Trinajstić information content (AvgIpc) is 2.42. The molecule has 0 fully saturated rings. The average molecular weight is 338 g/mol. The van der Waals surface area contributed by atoms with Gasteiger partial charge in [-0.2, -0.15) is 0 Å². The second-order valence-electron chi connectivity index (χ2n) is 4.38. The fourth-order valence-electron chi connectivity index (χ4n) is 1.84. The number of nitrogens with one attached hydrogen (secondary N) is 1. The van der Waals surface area contributed by atoms with Crippen molar-refractivity contribution in [1.82, 2.24) is 5.32 Å². The molecule has 0 saturated heterocycles. The minimum atomic E-state index is -0.463. The Kier molecular flexibility index (Phi) is 4.39. The van der Waals surface area contributed by atoms with Gasteiger partial charge in [0.15, 0.2) is 0 Å². The van der Waals surface area contributed by atoms with Gasteiger partial charge in [-0.05, 0) is 47.1 Å². The van der Waals surface area contributed by atoms with Crippen molar-refractivity contribution in [2.75, 3.05) is 0 Å². The molecule has 1 atom stereocenters. The highest BCUT2D eigenvalue weighted by Gasteiger charge is 2.15. The standard InChI is InChI=1S/C15H13BrFNO2/c1-9(11-4-2-3-5-13(11)17)18-15(20)10-6-7-12(16)14(19)8-10/h2-9,19H,1H3,(H,18,20). The highest BCUT2D eigenvalue weighted by molar-refractivity contribution is 9.10. The molecule has 0 radical (unpaired) electrons. The SMILES string of the molecule is CC(NC(=O)c1ccc(Br)c(O)c1)c1ccccc1F. The molecule has 3 nitrogen and oxygen atoms in total. The highest BCUT2D eigenvalue weighted by atomic mass is 79.9. The van der Waals surface area contributed by atoms with Gasteiger partial charge in [-0.15, -0.1) is 0 Å². The van der Waals surface area contributed by atoms with Gasteiger partial charge in [-0.3, -0.25) is 4.79 Å². The second kappa shape index (κ2) is 6.05. The molecule has 2 rings (SSSR count). The number of hydrogen-bond donors (Lipinski definition) is 2. The van der Waals surface area contributed by atoms with Gasteiger partial charge in [-0.1, -0.05) is 18.2 Å². The molecule has 5 heteroatoms. The summed E-state index contributed by atoms with van der Waals surface area (Å²) < 4.78 is 14.1. The van der Waals surface area contributed by atoms with Gasteiger partial charge in [0.05, 0.1) is 10.5 Å². The topological polar surface area (TPSA) is 49.3 Å². The van der Waals surface area contributed by atoms with E-state index in [1.807, 2.05) is 0 Å². The maximum absolute atomic E-state index is 13.6. The van der Waals surface area contributed by atoms with E-state index >= 15 is 0 Å². The maximum Gasteiger partial charge on any atom is 0.251 e. The first-order chi connectivity index (χ1) is 9.49. The van der Waals surface area contributed by atoms with Crippen LogP contribution in [0.25, 0.3) is 0 Å². The van der Waals surface area contributed by atoms with Crippen LogP contribution in [0.3, 0.4) is 0 Å². The van der Waals surface area contributed by atoms with Gasteiger partial charge in [0.25, 0.3) is 5.91 Å². The lowest BCUT2D eigenvalue weighted by Crippen LogP contribution is -2.27. The van der Waals surface area contributed by atoms with Gasteiger partial charge >= 0.3 is 0 Å². The molecule has 20 heavy (non-hydrogen) atoms. The van der Waals surface area contributed by atoms with Gasteiger partial charge in [0.1, 0.15) is 11.6 Å². The summed E-state index contributed by atoms with van der Waals surface area (Å²) in [5.74, 6) is -0.751. The van der Waals surface area contributed by atoms with Crippen molar-refractivity contribution >= 4 is 21.8 Å². The Morgan fingerprint density at radius 3 is 2.65 bits per heavy atom. The van der Waals surface area contributed by atoms with Gasteiger partial charge in [-0.25, -0.2) is 4.39 Å². The zero-order chi connectivity index (χ0) is 14.7. The molecule has 2 N–H and O–H groups in total. The monoisotopic (exact) mass is 337 g/mol. The number of hydrogen-bond acceptors (Lipinski definition) is 2. The molecule has 0 aliphatic heterocycles. The molecule has 0 saturated carbocycles. The van der Waals surface area contributed by atoms with Crippen LogP contribution in [-0.2, 0) is 0 Å². The van der Waals surface area contributed by atoms with E-state index in [2.05, 4.69) is 21.2 Å². The molecule has 104 valence electrons. The minimum absolute atomic E-state index is 0.0174. The quantitative estimate of drug-likeness (QED) is 0.895. The zero-order valence-corrected chi connectivity index (χ0v) is 12.3.